The third-order valence-electron chi connectivity index (χ3n) is 3.22. The largest absolute Gasteiger partial charge is 0.435 e. The van der Waals surface area contributed by atoms with Gasteiger partial charge in [0.2, 0.25) is 5.13 Å². The number of alkyl halides is 3. The molecule has 1 aliphatic carbocycles. The summed E-state index contributed by atoms with van der Waals surface area (Å²) in [5.41, 5.74) is 5.00. The Hall–Kier alpha value is -1.48. The number of aryl methyl sites for hydroxylation is 2. The van der Waals surface area contributed by atoms with E-state index < -0.39 is 11.9 Å². The predicted molar refractivity (Wildman–Crippen MR) is 66.6 cm³/mol. The molecule has 0 aromatic carbocycles. The van der Waals surface area contributed by atoms with Crippen molar-refractivity contribution in [1.82, 2.24) is 20.0 Å². The number of halogens is 3. The highest BCUT2D eigenvalue weighted by atomic mass is 32.1. The van der Waals surface area contributed by atoms with Crippen molar-refractivity contribution in [2.75, 3.05) is 0 Å². The van der Waals surface area contributed by atoms with Gasteiger partial charge >= 0.3 is 6.18 Å². The van der Waals surface area contributed by atoms with Crippen LogP contribution in [0.4, 0.5) is 13.2 Å². The molecule has 20 heavy (non-hydrogen) atoms. The number of aromatic nitrogens is 4. The number of thiazole rings is 1. The normalized spacial score (nSPS) is 15.4. The SMILES string of the molecule is NCc1nnn(-c2nc3c(s2)CCCC3)c1C(F)(F)F. The van der Waals surface area contributed by atoms with Gasteiger partial charge in [0, 0.05) is 11.4 Å². The van der Waals surface area contributed by atoms with Gasteiger partial charge in [0.25, 0.3) is 0 Å². The lowest BCUT2D eigenvalue weighted by molar-refractivity contribution is -0.143. The van der Waals surface area contributed by atoms with E-state index in [1.54, 1.807) is 0 Å². The first-order chi connectivity index (χ1) is 9.50. The highest BCUT2D eigenvalue weighted by Crippen LogP contribution is 2.35. The molecule has 0 saturated carbocycles. The van der Waals surface area contributed by atoms with Gasteiger partial charge in [0.15, 0.2) is 5.69 Å². The summed E-state index contributed by atoms with van der Waals surface area (Å²) in [7, 11) is 0. The maximum Gasteiger partial charge on any atom is 0.435 e. The molecule has 0 atom stereocenters. The Morgan fingerprint density at radius 2 is 2.00 bits per heavy atom. The molecule has 3 rings (SSSR count). The lowest BCUT2D eigenvalue weighted by atomic mass is 10.0. The summed E-state index contributed by atoms with van der Waals surface area (Å²) in [5, 5.41) is 7.32. The lowest BCUT2D eigenvalue weighted by Crippen LogP contribution is -2.16. The first-order valence-electron chi connectivity index (χ1n) is 6.21. The van der Waals surface area contributed by atoms with Crippen LogP contribution in [0.5, 0.6) is 0 Å². The van der Waals surface area contributed by atoms with Crippen molar-refractivity contribution >= 4 is 11.3 Å². The van der Waals surface area contributed by atoms with Crippen molar-refractivity contribution in [1.29, 1.82) is 0 Å². The Morgan fingerprint density at radius 3 is 2.65 bits per heavy atom. The highest BCUT2D eigenvalue weighted by Gasteiger charge is 2.40. The quantitative estimate of drug-likeness (QED) is 0.922. The third-order valence-corrected chi connectivity index (χ3v) is 4.35. The van der Waals surface area contributed by atoms with Crippen LogP contribution in [0.15, 0.2) is 0 Å². The fourth-order valence-corrected chi connectivity index (χ4v) is 3.40. The van der Waals surface area contributed by atoms with Crippen LogP contribution in [0, 0.1) is 0 Å². The molecule has 0 saturated heterocycles. The van der Waals surface area contributed by atoms with E-state index in [2.05, 4.69) is 15.3 Å². The second-order valence-corrected chi connectivity index (χ2v) is 5.63. The second kappa shape index (κ2) is 4.81. The van der Waals surface area contributed by atoms with Gasteiger partial charge in [-0.25, -0.2) is 4.98 Å². The maximum absolute atomic E-state index is 13.1. The predicted octanol–water partition coefficient (Wildman–Crippen LogP) is 2.08. The molecule has 2 heterocycles. The number of nitrogens with zero attached hydrogens (tertiary/aromatic N) is 4. The molecule has 0 fully saturated rings. The molecule has 0 bridgehead atoms. The number of nitrogens with two attached hydrogens (primary N) is 1. The van der Waals surface area contributed by atoms with Gasteiger partial charge < -0.3 is 5.73 Å². The van der Waals surface area contributed by atoms with Crippen LogP contribution < -0.4 is 5.73 Å². The zero-order valence-electron chi connectivity index (χ0n) is 10.4. The number of hydrogen-bond acceptors (Lipinski definition) is 5. The summed E-state index contributed by atoms with van der Waals surface area (Å²) in [6.07, 6.45) is -0.803. The summed E-state index contributed by atoms with van der Waals surface area (Å²) >= 11 is 1.25. The van der Waals surface area contributed by atoms with Crippen LogP contribution in [-0.2, 0) is 25.6 Å². The van der Waals surface area contributed by atoms with Gasteiger partial charge in [0.1, 0.15) is 5.69 Å². The minimum Gasteiger partial charge on any atom is -0.325 e. The van der Waals surface area contributed by atoms with Crippen LogP contribution in [-0.4, -0.2) is 20.0 Å². The van der Waals surface area contributed by atoms with Crippen LogP contribution in [0.3, 0.4) is 0 Å². The molecule has 108 valence electrons. The molecular weight excluding hydrogens is 291 g/mol. The van der Waals surface area contributed by atoms with E-state index in [9.17, 15) is 13.2 Å². The Morgan fingerprint density at radius 1 is 1.25 bits per heavy atom. The Kier molecular flexibility index (Phi) is 3.25. The Bertz CT molecular complexity index is 607. The standard InChI is InChI=1S/C11H12F3N5S/c12-11(13,14)9-7(5-15)17-18-19(9)10-16-6-3-1-2-4-8(6)20-10/h1-5,15H2. The average molecular weight is 303 g/mol. The number of fused-ring (bicyclic) bond motifs is 1. The van der Waals surface area contributed by atoms with E-state index >= 15 is 0 Å². The molecular formula is C11H12F3N5S. The topological polar surface area (TPSA) is 69.6 Å². The smallest absolute Gasteiger partial charge is 0.325 e. The Labute approximate surface area is 116 Å². The average Bonchev–Trinajstić information content (AvgIpc) is 3.01. The molecule has 0 aliphatic heterocycles. The van der Waals surface area contributed by atoms with Crippen molar-refractivity contribution in [2.45, 2.75) is 38.4 Å². The molecule has 0 amide bonds. The molecule has 2 N–H and O–H groups in total. The molecule has 5 nitrogen and oxygen atoms in total. The number of rotatable bonds is 2. The van der Waals surface area contributed by atoms with Gasteiger partial charge in [-0.3, -0.25) is 0 Å². The summed E-state index contributed by atoms with van der Waals surface area (Å²) in [5.74, 6) is 0. The van der Waals surface area contributed by atoms with Gasteiger partial charge in [-0.1, -0.05) is 16.6 Å². The highest BCUT2D eigenvalue weighted by molar-refractivity contribution is 7.14. The van der Waals surface area contributed by atoms with Crippen LogP contribution in [0.2, 0.25) is 0 Å². The molecule has 0 spiro atoms. The second-order valence-electron chi connectivity index (χ2n) is 4.57. The van der Waals surface area contributed by atoms with E-state index in [4.69, 9.17) is 5.73 Å². The van der Waals surface area contributed by atoms with Crippen molar-refractivity contribution in [3.8, 4) is 5.13 Å². The van der Waals surface area contributed by atoms with E-state index in [0.29, 0.717) is 0 Å². The molecule has 1 aliphatic rings. The summed E-state index contributed by atoms with van der Waals surface area (Å²) in [6.45, 7) is -0.306. The van der Waals surface area contributed by atoms with Gasteiger partial charge in [0.05, 0.1) is 5.69 Å². The minimum absolute atomic E-state index is 0.219. The molecule has 0 radical (unpaired) electrons. The molecule has 2 aromatic heterocycles. The summed E-state index contributed by atoms with van der Waals surface area (Å²) < 4.78 is 40.1. The van der Waals surface area contributed by atoms with Crippen LogP contribution in [0.1, 0.15) is 34.8 Å². The summed E-state index contributed by atoms with van der Waals surface area (Å²) in [4.78, 5) is 5.33. The van der Waals surface area contributed by atoms with Crippen molar-refractivity contribution < 1.29 is 13.2 Å². The monoisotopic (exact) mass is 303 g/mol. The van der Waals surface area contributed by atoms with E-state index in [1.165, 1.54) is 11.3 Å². The van der Waals surface area contributed by atoms with Crippen LogP contribution >= 0.6 is 11.3 Å². The Balaban J connectivity index is 2.10. The summed E-state index contributed by atoms with van der Waals surface area (Å²) in [6, 6.07) is 0. The minimum atomic E-state index is -4.55. The van der Waals surface area contributed by atoms with Crippen molar-refractivity contribution in [3.63, 3.8) is 0 Å². The molecule has 0 unspecified atom stereocenters. The van der Waals surface area contributed by atoms with Gasteiger partial charge in [-0.2, -0.15) is 17.9 Å². The van der Waals surface area contributed by atoms with Gasteiger partial charge in [-0.15, -0.1) is 5.10 Å². The molecule has 9 heteroatoms. The molecule has 2 aromatic rings. The van der Waals surface area contributed by atoms with Crippen LogP contribution in [0.25, 0.3) is 5.13 Å². The van der Waals surface area contributed by atoms with E-state index in [-0.39, 0.29) is 17.4 Å². The van der Waals surface area contributed by atoms with Crippen molar-refractivity contribution in [2.24, 2.45) is 5.73 Å². The zero-order valence-corrected chi connectivity index (χ0v) is 11.3. The third kappa shape index (κ3) is 2.20. The van der Waals surface area contributed by atoms with E-state index in [0.717, 1.165) is 40.9 Å². The maximum atomic E-state index is 13.1. The van der Waals surface area contributed by atoms with E-state index in [1.807, 2.05) is 0 Å². The van der Waals surface area contributed by atoms with Crippen molar-refractivity contribution in [3.05, 3.63) is 22.0 Å². The fraction of sp³-hybridized carbons (Fsp3) is 0.545. The number of hydrogen-bond donors (Lipinski definition) is 1. The van der Waals surface area contributed by atoms with Gasteiger partial charge in [-0.05, 0) is 25.7 Å². The lowest BCUT2D eigenvalue weighted by Gasteiger charge is -2.08. The first kappa shape index (κ1) is 13.5. The first-order valence-corrected chi connectivity index (χ1v) is 7.03. The zero-order chi connectivity index (χ0) is 14.3. The fourth-order valence-electron chi connectivity index (χ4n) is 2.30.